The van der Waals surface area contributed by atoms with Crippen molar-refractivity contribution in [2.45, 2.75) is 59.3 Å². The third-order valence-electron chi connectivity index (χ3n) is 3.39. The van der Waals surface area contributed by atoms with Crippen LogP contribution in [0.1, 0.15) is 47.1 Å². The number of nitrogens with zero attached hydrogens (tertiary/aromatic N) is 2. The summed E-state index contributed by atoms with van der Waals surface area (Å²) in [5.41, 5.74) is 6.17. The van der Waals surface area contributed by atoms with Gasteiger partial charge in [-0.25, -0.2) is 14.5 Å². The number of rotatable bonds is 4. The number of nitrogens with two attached hydrogens (primary N) is 1. The normalized spacial score (nSPS) is 11.4. The van der Waals surface area contributed by atoms with E-state index in [4.69, 9.17) is 27.4 Å². The molecule has 0 aromatic heterocycles. The Kier molecular flexibility index (Phi) is 7.85. The monoisotopic (exact) mass is 424 g/mol. The summed E-state index contributed by atoms with van der Waals surface area (Å²) in [6.45, 7) is 10.3. The van der Waals surface area contributed by atoms with Gasteiger partial charge in [0.1, 0.15) is 11.2 Å². The quantitative estimate of drug-likeness (QED) is 0.698. The van der Waals surface area contributed by atoms with Gasteiger partial charge in [0.05, 0.1) is 6.54 Å². The van der Waals surface area contributed by atoms with E-state index in [1.807, 2.05) is 31.1 Å². The molecule has 0 aliphatic rings. The Hall–Kier alpha value is -2.55. The lowest BCUT2D eigenvalue weighted by Gasteiger charge is -2.29. The number of hydrogen-bond donors (Lipinski definition) is 2. The van der Waals surface area contributed by atoms with E-state index in [0.717, 1.165) is 10.6 Å². The number of carbonyl (C=O) groups is 2. The Morgan fingerprint density at radius 1 is 1.03 bits per heavy atom. The fourth-order valence-electron chi connectivity index (χ4n) is 2.38. The maximum Gasteiger partial charge on any atom is 0.420 e. The minimum absolute atomic E-state index is 0.0514. The van der Waals surface area contributed by atoms with Gasteiger partial charge in [-0.15, -0.1) is 0 Å². The van der Waals surface area contributed by atoms with Crippen molar-refractivity contribution in [1.82, 2.24) is 4.90 Å². The van der Waals surface area contributed by atoms with Gasteiger partial charge in [0.2, 0.25) is 0 Å². The van der Waals surface area contributed by atoms with Crippen LogP contribution in [-0.4, -0.2) is 47.5 Å². The third kappa shape index (κ3) is 8.55. The summed E-state index contributed by atoms with van der Waals surface area (Å²) < 4.78 is 10.8. The van der Waals surface area contributed by atoms with Crippen molar-refractivity contribution in [3.63, 3.8) is 0 Å². The molecule has 0 bridgehead atoms. The Morgan fingerprint density at radius 2 is 1.52 bits per heavy atom. The Morgan fingerprint density at radius 3 is 1.90 bits per heavy atom. The number of benzene rings is 1. The molecule has 0 aliphatic heterocycles. The first-order chi connectivity index (χ1) is 13.1. The zero-order chi connectivity index (χ0) is 22.6. The first-order valence-electron chi connectivity index (χ1n) is 9.19. The number of thiocarbonyl (C=S) groups is 1. The molecule has 1 rings (SSSR count). The van der Waals surface area contributed by atoms with Crippen LogP contribution in [-0.2, 0) is 16.0 Å². The molecular weight excluding hydrogens is 392 g/mol. The summed E-state index contributed by atoms with van der Waals surface area (Å²) in [7, 11) is 3.73. The van der Waals surface area contributed by atoms with E-state index >= 15 is 0 Å². The minimum atomic E-state index is -0.788. The summed E-state index contributed by atoms with van der Waals surface area (Å²) in [6.07, 6.45) is -1.58. The predicted octanol–water partition coefficient (Wildman–Crippen LogP) is 4.08. The van der Waals surface area contributed by atoms with Crippen molar-refractivity contribution in [1.29, 1.82) is 0 Å². The Balaban J connectivity index is 3.34. The zero-order valence-corrected chi connectivity index (χ0v) is 19.3. The molecule has 0 saturated heterocycles. The largest absolute Gasteiger partial charge is 0.443 e. The first-order valence-corrected chi connectivity index (χ1v) is 9.60. The molecule has 0 aliphatic carbocycles. The standard InChI is InChI=1S/C20H32N4O4S/c1-19(2,3)27-17(25)24(18(26)28-20(4,5)6)12-13-11-14(22-16(21)29)9-10-15(13)23(7)8/h9-11H,12H2,1-8H3,(H3,21,22,29). The molecule has 0 saturated carbocycles. The number of carbonyl (C=O) groups excluding carboxylic acids is 2. The number of anilines is 2. The summed E-state index contributed by atoms with van der Waals surface area (Å²) in [5, 5.41) is 2.97. The lowest BCUT2D eigenvalue weighted by molar-refractivity contribution is -0.000216. The fraction of sp³-hybridized carbons (Fsp3) is 0.550. The van der Waals surface area contributed by atoms with Gasteiger partial charge in [-0.2, -0.15) is 0 Å². The second kappa shape index (κ2) is 9.30. The van der Waals surface area contributed by atoms with Crippen LogP contribution in [0.4, 0.5) is 21.0 Å². The molecular formula is C20H32N4O4S. The SMILES string of the molecule is CN(C)c1ccc(NC(N)=S)cc1CN(C(=O)OC(C)(C)C)C(=O)OC(C)(C)C. The highest BCUT2D eigenvalue weighted by molar-refractivity contribution is 7.80. The van der Waals surface area contributed by atoms with Crippen LogP contribution >= 0.6 is 12.2 Å². The van der Waals surface area contributed by atoms with Gasteiger partial charge in [0.25, 0.3) is 0 Å². The summed E-state index contributed by atoms with van der Waals surface area (Å²) in [4.78, 5) is 28.4. The summed E-state index contributed by atoms with van der Waals surface area (Å²) in [5.74, 6) is 0. The van der Waals surface area contributed by atoms with E-state index < -0.39 is 23.4 Å². The second-order valence-corrected chi connectivity index (χ2v) is 9.21. The van der Waals surface area contributed by atoms with Crippen LogP contribution in [0, 0.1) is 0 Å². The molecule has 0 unspecified atom stereocenters. The van der Waals surface area contributed by atoms with Gasteiger partial charge in [-0.1, -0.05) is 0 Å². The number of nitrogens with one attached hydrogen (secondary N) is 1. The van der Waals surface area contributed by atoms with E-state index in [0.29, 0.717) is 11.3 Å². The van der Waals surface area contributed by atoms with Crippen LogP contribution in [0.25, 0.3) is 0 Å². The lowest BCUT2D eigenvalue weighted by Crippen LogP contribution is -2.43. The topological polar surface area (TPSA) is 97.1 Å². The summed E-state index contributed by atoms with van der Waals surface area (Å²) >= 11 is 4.89. The molecule has 1 aromatic carbocycles. The summed E-state index contributed by atoms with van der Waals surface area (Å²) in [6, 6.07) is 5.43. The number of hydrogen-bond acceptors (Lipinski definition) is 6. The smallest absolute Gasteiger partial charge is 0.420 e. The maximum atomic E-state index is 12.8. The van der Waals surface area contributed by atoms with E-state index in [9.17, 15) is 9.59 Å². The van der Waals surface area contributed by atoms with Crippen LogP contribution in [0.2, 0.25) is 0 Å². The highest BCUT2D eigenvalue weighted by Gasteiger charge is 2.32. The molecule has 0 atom stereocenters. The van der Waals surface area contributed by atoms with Crippen LogP contribution in [0.3, 0.4) is 0 Å². The molecule has 8 nitrogen and oxygen atoms in total. The van der Waals surface area contributed by atoms with E-state index in [1.54, 1.807) is 47.6 Å². The molecule has 3 N–H and O–H groups in total. The third-order valence-corrected chi connectivity index (χ3v) is 3.49. The molecule has 0 radical (unpaired) electrons. The highest BCUT2D eigenvalue weighted by atomic mass is 32.1. The highest BCUT2D eigenvalue weighted by Crippen LogP contribution is 2.26. The van der Waals surface area contributed by atoms with Crippen molar-refractivity contribution in [3.8, 4) is 0 Å². The van der Waals surface area contributed by atoms with Crippen LogP contribution in [0.5, 0.6) is 0 Å². The molecule has 29 heavy (non-hydrogen) atoms. The van der Waals surface area contributed by atoms with Crippen molar-refractivity contribution in [2.24, 2.45) is 5.73 Å². The maximum absolute atomic E-state index is 12.8. The van der Waals surface area contributed by atoms with Crippen LogP contribution in [0.15, 0.2) is 18.2 Å². The van der Waals surface area contributed by atoms with Gasteiger partial charge in [0.15, 0.2) is 5.11 Å². The fourth-order valence-corrected chi connectivity index (χ4v) is 2.49. The van der Waals surface area contributed by atoms with E-state index in [2.05, 4.69) is 5.32 Å². The van der Waals surface area contributed by atoms with E-state index in [-0.39, 0.29) is 11.7 Å². The number of ether oxygens (including phenoxy) is 2. The Labute approximate surface area is 178 Å². The van der Waals surface area contributed by atoms with Gasteiger partial charge in [0, 0.05) is 25.5 Å². The number of imide groups is 1. The molecule has 2 amide bonds. The van der Waals surface area contributed by atoms with Gasteiger partial charge >= 0.3 is 12.2 Å². The van der Waals surface area contributed by atoms with Gasteiger partial charge in [-0.3, -0.25) is 0 Å². The molecule has 162 valence electrons. The van der Waals surface area contributed by atoms with Crippen LogP contribution < -0.4 is 16.0 Å². The lowest BCUT2D eigenvalue weighted by atomic mass is 10.1. The number of amides is 2. The second-order valence-electron chi connectivity index (χ2n) is 8.77. The predicted molar refractivity (Wildman–Crippen MR) is 119 cm³/mol. The van der Waals surface area contributed by atoms with Gasteiger partial charge < -0.3 is 25.4 Å². The van der Waals surface area contributed by atoms with E-state index in [1.165, 1.54) is 0 Å². The molecule has 0 spiro atoms. The first kappa shape index (κ1) is 24.5. The average Bonchev–Trinajstić information content (AvgIpc) is 2.48. The minimum Gasteiger partial charge on any atom is -0.443 e. The molecule has 0 heterocycles. The zero-order valence-electron chi connectivity index (χ0n) is 18.5. The van der Waals surface area contributed by atoms with Crippen molar-refractivity contribution >= 4 is 40.9 Å². The molecule has 0 fully saturated rings. The molecule has 1 aromatic rings. The molecule has 9 heteroatoms. The average molecular weight is 425 g/mol. The van der Waals surface area contributed by atoms with Crippen molar-refractivity contribution in [3.05, 3.63) is 23.8 Å². The van der Waals surface area contributed by atoms with Crippen molar-refractivity contribution < 1.29 is 19.1 Å². The Bertz CT molecular complexity index is 739. The van der Waals surface area contributed by atoms with Gasteiger partial charge in [-0.05, 0) is 77.5 Å². The van der Waals surface area contributed by atoms with Crippen molar-refractivity contribution in [2.75, 3.05) is 24.3 Å².